The Bertz CT molecular complexity index is 966. The number of sulfone groups is 1. The third kappa shape index (κ3) is 10.7. The molecule has 31 heavy (non-hydrogen) atoms. The molecule has 0 aliphatic heterocycles. The summed E-state index contributed by atoms with van der Waals surface area (Å²) in [6.07, 6.45) is -3.59. The number of para-hydroxylation sites is 1. The highest BCUT2D eigenvalue weighted by atomic mass is 127. The Morgan fingerprint density at radius 2 is 1.65 bits per heavy atom. The number of nitrogens with zero attached hydrogens (tertiary/aromatic N) is 1. The summed E-state index contributed by atoms with van der Waals surface area (Å²) in [4.78, 5) is 4.42. The van der Waals surface area contributed by atoms with E-state index < -0.39 is 16.2 Å². The summed E-state index contributed by atoms with van der Waals surface area (Å²) in [7, 11) is -3.10. The zero-order chi connectivity index (χ0) is 22.2. The monoisotopic (exact) mass is 571 g/mol. The van der Waals surface area contributed by atoms with Gasteiger partial charge in [0.05, 0.1) is 12.3 Å². The quantitative estimate of drug-likeness (QED) is 0.285. The van der Waals surface area contributed by atoms with Crippen LogP contribution in [0.2, 0.25) is 0 Å². The molecule has 0 bridgehead atoms. The number of hydrogen-bond acceptors (Lipinski definition) is 4. The van der Waals surface area contributed by atoms with Crippen molar-refractivity contribution in [1.82, 2.24) is 10.6 Å². The highest BCUT2D eigenvalue weighted by Gasteiger charge is 2.31. The first-order chi connectivity index (χ1) is 14.1. The van der Waals surface area contributed by atoms with E-state index in [1.54, 1.807) is 30.3 Å². The van der Waals surface area contributed by atoms with E-state index in [2.05, 4.69) is 20.4 Å². The summed E-state index contributed by atoms with van der Waals surface area (Å²) in [6, 6.07) is 12.9. The maximum atomic E-state index is 12.6. The Morgan fingerprint density at radius 3 is 2.23 bits per heavy atom. The van der Waals surface area contributed by atoms with Crippen molar-refractivity contribution < 1.29 is 26.3 Å². The number of aliphatic imine (C=N–C) groups is 1. The van der Waals surface area contributed by atoms with E-state index in [0.29, 0.717) is 30.2 Å². The number of halogens is 4. The minimum absolute atomic E-state index is 0. The molecular formula is C20H25F3IN3O3S. The van der Waals surface area contributed by atoms with Crippen LogP contribution < -0.4 is 15.4 Å². The van der Waals surface area contributed by atoms with Gasteiger partial charge in [-0.1, -0.05) is 42.5 Å². The lowest BCUT2D eigenvalue weighted by Gasteiger charge is -2.15. The average Bonchev–Trinajstić information content (AvgIpc) is 2.64. The van der Waals surface area contributed by atoms with Crippen LogP contribution in [0.25, 0.3) is 0 Å². The largest absolute Gasteiger partial charge is 0.573 e. The standard InChI is InChI=1S/C20H24F3N3O3S.HI/c1-3-24-19(25-12-15-8-10-16(11-9-15)14-30(2,27)28)26-13-17-6-4-5-7-18(17)29-20(21,22)23;/h4-11H,3,12-14H2,1-2H3,(H2,24,25,26);1H. The van der Waals surface area contributed by atoms with Crippen LogP contribution in [0.5, 0.6) is 5.75 Å². The van der Waals surface area contributed by atoms with Crippen molar-refractivity contribution >= 4 is 39.8 Å². The molecule has 2 aromatic carbocycles. The van der Waals surface area contributed by atoms with Crippen LogP contribution in [0.15, 0.2) is 53.5 Å². The molecule has 0 fully saturated rings. The zero-order valence-corrected chi connectivity index (χ0v) is 20.2. The van der Waals surface area contributed by atoms with Crippen LogP contribution in [-0.2, 0) is 28.7 Å². The maximum Gasteiger partial charge on any atom is 0.573 e. The highest BCUT2D eigenvalue weighted by molar-refractivity contribution is 14.0. The van der Waals surface area contributed by atoms with E-state index in [1.165, 1.54) is 24.5 Å². The molecule has 0 atom stereocenters. The van der Waals surface area contributed by atoms with Crippen LogP contribution >= 0.6 is 24.0 Å². The molecule has 0 aromatic heterocycles. The highest BCUT2D eigenvalue weighted by Crippen LogP contribution is 2.26. The van der Waals surface area contributed by atoms with Crippen LogP contribution in [0.3, 0.4) is 0 Å². The number of alkyl halides is 3. The number of nitrogens with one attached hydrogen (secondary N) is 2. The average molecular weight is 571 g/mol. The number of guanidine groups is 1. The fourth-order valence-electron chi connectivity index (χ4n) is 2.61. The topological polar surface area (TPSA) is 79.8 Å². The number of hydrogen-bond donors (Lipinski definition) is 2. The van der Waals surface area contributed by atoms with E-state index in [0.717, 1.165) is 5.56 Å². The second-order valence-corrected chi connectivity index (χ2v) is 8.73. The van der Waals surface area contributed by atoms with Crippen molar-refractivity contribution in [3.8, 4) is 5.75 Å². The number of ether oxygens (including phenoxy) is 1. The first-order valence-corrected chi connectivity index (χ1v) is 11.2. The minimum Gasteiger partial charge on any atom is -0.405 e. The molecule has 2 rings (SSSR count). The number of benzene rings is 2. The van der Waals surface area contributed by atoms with Gasteiger partial charge in [-0.25, -0.2) is 13.4 Å². The Labute approximate surface area is 197 Å². The Kier molecular flexibility index (Phi) is 10.6. The molecule has 0 saturated carbocycles. The molecule has 0 saturated heterocycles. The van der Waals surface area contributed by atoms with Gasteiger partial charge < -0.3 is 15.4 Å². The molecular weight excluding hydrogens is 546 g/mol. The van der Waals surface area contributed by atoms with Gasteiger partial charge in [0.15, 0.2) is 15.8 Å². The first kappa shape index (κ1) is 27.0. The summed E-state index contributed by atoms with van der Waals surface area (Å²) in [5.74, 6) is 0.134. The molecule has 0 spiro atoms. The van der Waals surface area contributed by atoms with Gasteiger partial charge in [0, 0.05) is 24.9 Å². The molecule has 0 aliphatic rings. The molecule has 11 heteroatoms. The lowest BCUT2D eigenvalue weighted by molar-refractivity contribution is -0.274. The molecule has 2 aromatic rings. The number of rotatable bonds is 8. The van der Waals surface area contributed by atoms with Crippen LogP contribution in [0, 0.1) is 0 Å². The summed E-state index contributed by atoms with van der Waals surface area (Å²) in [5.41, 5.74) is 1.90. The van der Waals surface area contributed by atoms with E-state index in [-0.39, 0.29) is 42.0 Å². The van der Waals surface area contributed by atoms with Gasteiger partial charge in [-0.05, 0) is 24.1 Å². The molecule has 0 heterocycles. The smallest absolute Gasteiger partial charge is 0.405 e. The molecule has 2 N–H and O–H groups in total. The van der Waals surface area contributed by atoms with Crippen LogP contribution in [0.1, 0.15) is 23.6 Å². The summed E-state index contributed by atoms with van der Waals surface area (Å²) in [5, 5.41) is 6.02. The van der Waals surface area contributed by atoms with E-state index in [1.807, 2.05) is 6.92 Å². The van der Waals surface area contributed by atoms with Gasteiger partial charge in [-0.15, -0.1) is 37.1 Å². The van der Waals surface area contributed by atoms with Crippen LogP contribution in [-0.4, -0.2) is 33.5 Å². The van der Waals surface area contributed by atoms with E-state index in [4.69, 9.17) is 0 Å². The van der Waals surface area contributed by atoms with Crippen molar-refractivity contribution in [2.45, 2.75) is 32.1 Å². The van der Waals surface area contributed by atoms with E-state index in [9.17, 15) is 21.6 Å². The second kappa shape index (κ2) is 12.1. The Balaban J connectivity index is 0.00000480. The first-order valence-electron chi connectivity index (χ1n) is 9.17. The minimum atomic E-state index is -4.77. The molecule has 6 nitrogen and oxygen atoms in total. The van der Waals surface area contributed by atoms with E-state index >= 15 is 0 Å². The normalized spacial score (nSPS) is 12.1. The van der Waals surface area contributed by atoms with Gasteiger partial charge >= 0.3 is 6.36 Å². The lowest BCUT2D eigenvalue weighted by atomic mass is 10.1. The summed E-state index contributed by atoms with van der Waals surface area (Å²) in [6.45, 7) is 2.85. The predicted octanol–water partition coefficient (Wildman–Crippen LogP) is 4.00. The van der Waals surface area contributed by atoms with Gasteiger partial charge in [-0.2, -0.15) is 0 Å². The van der Waals surface area contributed by atoms with Gasteiger partial charge in [0.2, 0.25) is 0 Å². The predicted molar refractivity (Wildman–Crippen MR) is 125 cm³/mol. The third-order valence-electron chi connectivity index (χ3n) is 3.86. The van der Waals surface area contributed by atoms with Gasteiger partial charge in [-0.3, -0.25) is 0 Å². The molecule has 172 valence electrons. The zero-order valence-electron chi connectivity index (χ0n) is 17.1. The molecule has 0 radical (unpaired) electrons. The van der Waals surface area contributed by atoms with Crippen molar-refractivity contribution in [2.24, 2.45) is 4.99 Å². The van der Waals surface area contributed by atoms with Crippen LogP contribution in [0.4, 0.5) is 13.2 Å². The Hall–Kier alpha value is -2.02. The van der Waals surface area contributed by atoms with Crippen molar-refractivity contribution in [3.63, 3.8) is 0 Å². The van der Waals surface area contributed by atoms with Crippen molar-refractivity contribution in [3.05, 3.63) is 65.2 Å². The molecule has 0 aliphatic carbocycles. The van der Waals surface area contributed by atoms with Gasteiger partial charge in [0.1, 0.15) is 5.75 Å². The fourth-order valence-corrected chi connectivity index (χ4v) is 3.41. The van der Waals surface area contributed by atoms with Gasteiger partial charge in [0.25, 0.3) is 0 Å². The second-order valence-electron chi connectivity index (χ2n) is 6.59. The Morgan fingerprint density at radius 1 is 1.03 bits per heavy atom. The third-order valence-corrected chi connectivity index (χ3v) is 4.72. The fraction of sp³-hybridized carbons (Fsp3) is 0.350. The summed E-state index contributed by atoms with van der Waals surface area (Å²) >= 11 is 0. The maximum absolute atomic E-state index is 12.6. The SMILES string of the molecule is CCNC(=NCc1ccc(CS(C)(=O)=O)cc1)NCc1ccccc1OC(F)(F)F.I. The van der Waals surface area contributed by atoms with Crippen molar-refractivity contribution in [2.75, 3.05) is 12.8 Å². The lowest BCUT2D eigenvalue weighted by Crippen LogP contribution is -2.37. The molecule has 0 amide bonds. The molecule has 0 unspecified atom stereocenters. The van der Waals surface area contributed by atoms with Crippen molar-refractivity contribution in [1.29, 1.82) is 0 Å². The summed E-state index contributed by atoms with van der Waals surface area (Å²) < 4.78 is 64.4.